The topological polar surface area (TPSA) is 193 Å². The standard InChI is InChI=1S/C23H30N6O8S/c1-38(34,35)23-25-12-18(13-26-23)6-3-2-4-8-21(31)24-14-19-15-29(28-27-19)9-11-36-10-5-7-20(30)16-37-17-22(32)33/h12-13,15H,2,4-5,7-11,14,16-17H2,1H3,(H,24,31)(H,32,33). The summed E-state index contributed by atoms with van der Waals surface area (Å²) >= 11 is 0. The predicted octanol–water partition coefficient (Wildman–Crippen LogP) is -0.223. The normalized spacial score (nSPS) is 11.0. The van der Waals surface area contributed by atoms with E-state index in [4.69, 9.17) is 14.6 Å². The van der Waals surface area contributed by atoms with Gasteiger partial charge in [-0.05, 0) is 12.8 Å². The van der Waals surface area contributed by atoms with Gasteiger partial charge in [0.1, 0.15) is 18.9 Å². The summed E-state index contributed by atoms with van der Waals surface area (Å²) in [6, 6.07) is 0. The summed E-state index contributed by atoms with van der Waals surface area (Å²) in [5, 5.41) is 18.9. The van der Waals surface area contributed by atoms with Crippen molar-refractivity contribution in [1.82, 2.24) is 30.3 Å². The van der Waals surface area contributed by atoms with E-state index in [0.717, 1.165) is 6.26 Å². The van der Waals surface area contributed by atoms with Crippen LogP contribution in [0.2, 0.25) is 0 Å². The summed E-state index contributed by atoms with van der Waals surface area (Å²) < 4.78 is 34.5. The van der Waals surface area contributed by atoms with Gasteiger partial charge in [0, 0.05) is 44.5 Å². The molecule has 0 saturated heterocycles. The number of rotatable bonds is 17. The Hall–Kier alpha value is -3.74. The molecule has 0 aliphatic heterocycles. The molecule has 0 aliphatic carbocycles. The minimum atomic E-state index is -3.45. The first-order valence-electron chi connectivity index (χ1n) is 11.7. The van der Waals surface area contributed by atoms with E-state index in [1.54, 1.807) is 10.9 Å². The molecule has 0 unspecified atom stereocenters. The van der Waals surface area contributed by atoms with Gasteiger partial charge in [0.05, 0.1) is 31.5 Å². The van der Waals surface area contributed by atoms with Gasteiger partial charge in [-0.2, -0.15) is 0 Å². The van der Waals surface area contributed by atoms with Crippen LogP contribution in [0.3, 0.4) is 0 Å². The molecule has 0 aromatic carbocycles. The van der Waals surface area contributed by atoms with Crippen LogP contribution >= 0.6 is 0 Å². The Morgan fingerprint density at radius 2 is 1.84 bits per heavy atom. The first-order chi connectivity index (χ1) is 18.1. The van der Waals surface area contributed by atoms with E-state index < -0.39 is 22.4 Å². The van der Waals surface area contributed by atoms with Crippen molar-refractivity contribution in [3.05, 3.63) is 29.8 Å². The second-order valence-corrected chi connectivity index (χ2v) is 9.98. The molecule has 14 nitrogen and oxygen atoms in total. The maximum Gasteiger partial charge on any atom is 0.329 e. The van der Waals surface area contributed by atoms with Crippen LogP contribution in [0.5, 0.6) is 0 Å². The molecule has 0 atom stereocenters. The van der Waals surface area contributed by atoms with Gasteiger partial charge >= 0.3 is 5.97 Å². The number of carbonyl (C=O) groups excluding carboxylic acids is 2. The molecule has 15 heteroatoms. The van der Waals surface area contributed by atoms with Crippen LogP contribution < -0.4 is 5.32 Å². The maximum atomic E-state index is 12.0. The van der Waals surface area contributed by atoms with Crippen molar-refractivity contribution in [2.24, 2.45) is 0 Å². The van der Waals surface area contributed by atoms with E-state index in [9.17, 15) is 22.8 Å². The largest absolute Gasteiger partial charge is 0.480 e. The van der Waals surface area contributed by atoms with Crippen LogP contribution in [0.4, 0.5) is 0 Å². The van der Waals surface area contributed by atoms with Crippen molar-refractivity contribution in [1.29, 1.82) is 0 Å². The number of nitrogens with zero attached hydrogens (tertiary/aromatic N) is 5. The molecule has 0 aliphatic rings. The van der Waals surface area contributed by atoms with Gasteiger partial charge in [0.15, 0.2) is 5.78 Å². The average Bonchev–Trinajstić information content (AvgIpc) is 3.32. The smallest absolute Gasteiger partial charge is 0.329 e. The average molecular weight is 551 g/mol. The van der Waals surface area contributed by atoms with Gasteiger partial charge in [0.25, 0.3) is 0 Å². The highest BCUT2D eigenvalue weighted by molar-refractivity contribution is 7.90. The lowest BCUT2D eigenvalue weighted by Gasteiger charge is -2.04. The van der Waals surface area contributed by atoms with Crippen LogP contribution in [0.15, 0.2) is 23.7 Å². The number of ketones is 1. The van der Waals surface area contributed by atoms with E-state index in [1.165, 1.54) is 12.4 Å². The number of carboxylic acids is 1. The zero-order valence-corrected chi connectivity index (χ0v) is 21.8. The second kappa shape index (κ2) is 16.2. The third-order valence-electron chi connectivity index (χ3n) is 4.65. The number of ether oxygens (including phenoxy) is 2. The predicted molar refractivity (Wildman–Crippen MR) is 131 cm³/mol. The van der Waals surface area contributed by atoms with E-state index >= 15 is 0 Å². The monoisotopic (exact) mass is 550 g/mol. The Morgan fingerprint density at radius 3 is 2.55 bits per heavy atom. The molecule has 2 aromatic heterocycles. The molecular weight excluding hydrogens is 520 g/mol. The van der Waals surface area contributed by atoms with Gasteiger partial charge in [-0.3, -0.25) is 9.59 Å². The Balaban J connectivity index is 1.54. The number of hydrogen-bond donors (Lipinski definition) is 2. The number of hydrogen-bond acceptors (Lipinski definition) is 11. The fourth-order valence-corrected chi connectivity index (χ4v) is 3.32. The Bertz CT molecular complexity index is 1230. The summed E-state index contributed by atoms with van der Waals surface area (Å²) in [4.78, 5) is 41.4. The van der Waals surface area contributed by atoms with E-state index in [1.807, 2.05) is 0 Å². The van der Waals surface area contributed by atoms with Crippen molar-refractivity contribution in [2.45, 2.75) is 50.4 Å². The highest BCUT2D eigenvalue weighted by Gasteiger charge is 2.09. The summed E-state index contributed by atoms with van der Waals surface area (Å²) in [5.74, 6) is 4.29. The molecule has 38 heavy (non-hydrogen) atoms. The van der Waals surface area contributed by atoms with Crippen molar-refractivity contribution < 1.29 is 37.4 Å². The Kier molecular flexibility index (Phi) is 13.0. The molecule has 2 N–H and O–H groups in total. The zero-order chi connectivity index (χ0) is 27.8. The number of aromatic nitrogens is 5. The highest BCUT2D eigenvalue weighted by Crippen LogP contribution is 2.02. The first-order valence-corrected chi connectivity index (χ1v) is 13.6. The van der Waals surface area contributed by atoms with Crippen LogP contribution in [0, 0.1) is 11.8 Å². The molecule has 2 aromatic rings. The Morgan fingerprint density at radius 1 is 1.08 bits per heavy atom. The van der Waals surface area contributed by atoms with Crippen molar-refractivity contribution >= 4 is 27.5 Å². The van der Waals surface area contributed by atoms with E-state index in [0.29, 0.717) is 50.3 Å². The molecule has 0 spiro atoms. The van der Waals surface area contributed by atoms with Gasteiger partial charge in [-0.15, -0.1) is 5.10 Å². The molecule has 1 amide bonds. The lowest BCUT2D eigenvalue weighted by atomic mass is 10.2. The number of unbranched alkanes of at least 4 members (excludes halogenated alkanes) is 1. The van der Waals surface area contributed by atoms with Gasteiger partial charge < -0.3 is 19.9 Å². The molecule has 0 fully saturated rings. The zero-order valence-electron chi connectivity index (χ0n) is 21.0. The van der Waals surface area contributed by atoms with Crippen molar-refractivity contribution in [2.75, 3.05) is 32.7 Å². The minimum absolute atomic E-state index is 0.145. The quantitative estimate of drug-likeness (QED) is 0.150. The fraction of sp³-hybridized carbons (Fsp3) is 0.522. The van der Waals surface area contributed by atoms with Crippen LogP contribution in [0.25, 0.3) is 0 Å². The summed E-state index contributed by atoms with van der Waals surface area (Å²) in [5.41, 5.74) is 1.09. The first kappa shape index (κ1) is 30.5. The molecule has 0 bridgehead atoms. The van der Waals surface area contributed by atoms with Crippen LogP contribution in [-0.2, 0) is 46.8 Å². The highest BCUT2D eigenvalue weighted by atomic mass is 32.2. The second-order valence-electron chi connectivity index (χ2n) is 8.07. The van der Waals surface area contributed by atoms with Crippen molar-refractivity contribution in [3.8, 4) is 11.8 Å². The number of Topliss-reactive ketones (excluding diaryl/α,β-unsaturated/α-hetero) is 1. The number of nitrogens with one attached hydrogen (secondary N) is 1. The van der Waals surface area contributed by atoms with E-state index in [-0.39, 0.29) is 42.8 Å². The van der Waals surface area contributed by atoms with Crippen LogP contribution in [0.1, 0.15) is 43.4 Å². The third kappa shape index (κ3) is 13.0. The molecule has 0 saturated carbocycles. The van der Waals surface area contributed by atoms with Gasteiger partial charge in [-0.1, -0.05) is 17.1 Å². The van der Waals surface area contributed by atoms with Gasteiger partial charge in [0.2, 0.25) is 20.9 Å². The SMILES string of the molecule is CS(=O)(=O)c1ncc(C#CCCCC(=O)NCc2cn(CCOCCCC(=O)COCC(=O)O)nn2)cn1. The number of carboxylic acid groups (broad SMARTS) is 1. The lowest BCUT2D eigenvalue weighted by Crippen LogP contribution is -2.22. The number of aliphatic carboxylic acids is 1. The molecular formula is C23H30N6O8S. The summed E-state index contributed by atoms with van der Waals surface area (Å²) in [6.45, 7) is 0.717. The molecule has 2 rings (SSSR count). The number of sulfone groups is 1. The van der Waals surface area contributed by atoms with E-state index in [2.05, 4.69) is 37.4 Å². The lowest BCUT2D eigenvalue weighted by molar-refractivity contribution is -0.143. The maximum absolute atomic E-state index is 12.0. The van der Waals surface area contributed by atoms with Crippen LogP contribution in [-0.4, -0.2) is 88.8 Å². The third-order valence-corrected chi connectivity index (χ3v) is 5.52. The van der Waals surface area contributed by atoms with Crippen molar-refractivity contribution in [3.63, 3.8) is 0 Å². The van der Waals surface area contributed by atoms with Gasteiger partial charge in [-0.25, -0.2) is 27.9 Å². The number of carbonyl (C=O) groups is 3. The summed E-state index contributed by atoms with van der Waals surface area (Å²) in [7, 11) is -3.45. The molecule has 206 valence electrons. The molecule has 2 heterocycles. The molecule has 0 radical (unpaired) electrons. The number of amides is 1. The Labute approximate surface area is 220 Å². The minimum Gasteiger partial charge on any atom is -0.480 e. The summed E-state index contributed by atoms with van der Waals surface area (Å²) in [6.07, 6.45) is 7.48. The fourth-order valence-electron chi connectivity index (χ4n) is 2.84.